The highest BCUT2D eigenvalue weighted by Crippen LogP contribution is 2.54. The number of rotatable bonds is 13. The van der Waals surface area contributed by atoms with Crippen LogP contribution in [0, 0.1) is 0 Å². The second kappa shape index (κ2) is 12.1. The van der Waals surface area contributed by atoms with Crippen molar-refractivity contribution in [2.75, 3.05) is 10.7 Å². The number of unbranched alkanes of at least 4 members (excludes halogenated alkanes) is 6. The highest BCUT2D eigenvalue weighted by molar-refractivity contribution is 9.09. The summed E-state index contributed by atoms with van der Waals surface area (Å²) in [7, 11) is -0.320. The lowest BCUT2D eigenvalue weighted by Gasteiger charge is -2.33. The molecule has 2 aromatic carbocycles. The van der Waals surface area contributed by atoms with Gasteiger partial charge in [-0.25, -0.2) is 0 Å². The molecule has 1 heterocycles. The van der Waals surface area contributed by atoms with Crippen molar-refractivity contribution in [2.24, 2.45) is 0 Å². The summed E-state index contributed by atoms with van der Waals surface area (Å²) in [6.45, 7) is 8.56. The van der Waals surface area contributed by atoms with Gasteiger partial charge in [0.25, 0.3) is 0 Å². The summed E-state index contributed by atoms with van der Waals surface area (Å²) < 4.78 is 12.9. The van der Waals surface area contributed by atoms with Crippen molar-refractivity contribution in [1.29, 1.82) is 0 Å². The number of alkyl halides is 2. The van der Waals surface area contributed by atoms with Crippen LogP contribution in [0.4, 0.5) is 0 Å². The van der Waals surface area contributed by atoms with E-state index in [1.165, 1.54) is 86.5 Å². The number of fused-ring (bicyclic) bond motifs is 3. The monoisotopic (exact) mass is 616 g/mol. The van der Waals surface area contributed by atoms with Gasteiger partial charge in [0, 0.05) is 16.1 Å². The van der Waals surface area contributed by atoms with Crippen molar-refractivity contribution >= 4 is 44.4 Å². The van der Waals surface area contributed by atoms with Crippen LogP contribution in [0.25, 0.3) is 11.1 Å². The molecule has 0 radical (unpaired) electrons. The minimum Gasteiger partial charge on any atom is -0.399 e. The maximum absolute atomic E-state index is 6.47. The second-order valence-corrected chi connectivity index (χ2v) is 13.3. The first-order chi connectivity index (χ1) is 17.3. The summed E-state index contributed by atoms with van der Waals surface area (Å²) in [5, 5.41) is 2.21. The van der Waals surface area contributed by atoms with Gasteiger partial charge in [0.15, 0.2) is 0 Å². The molecule has 1 saturated heterocycles. The van der Waals surface area contributed by atoms with Gasteiger partial charge in [0.2, 0.25) is 0 Å². The smallest absolute Gasteiger partial charge is 0.399 e. The number of hydrogen-bond acceptors (Lipinski definition) is 2. The van der Waals surface area contributed by atoms with Crippen molar-refractivity contribution in [1.82, 2.24) is 0 Å². The molecule has 0 atom stereocenters. The number of benzene rings is 2. The summed E-state index contributed by atoms with van der Waals surface area (Å²) in [6, 6.07) is 16.2. The molecule has 0 amide bonds. The van der Waals surface area contributed by atoms with Crippen LogP contribution < -0.4 is 5.46 Å². The first-order valence-corrected chi connectivity index (χ1v) is 16.2. The summed E-state index contributed by atoms with van der Waals surface area (Å²) in [5.41, 5.74) is 6.44. The Morgan fingerprint density at radius 1 is 0.639 bits per heavy atom. The Balaban J connectivity index is 1.69. The average molecular weight is 618 g/mol. The largest absolute Gasteiger partial charge is 0.494 e. The Labute approximate surface area is 236 Å². The van der Waals surface area contributed by atoms with Crippen LogP contribution in [-0.2, 0) is 14.7 Å². The highest BCUT2D eigenvalue weighted by Gasteiger charge is 2.52. The molecule has 0 bridgehead atoms. The topological polar surface area (TPSA) is 18.5 Å². The van der Waals surface area contributed by atoms with Crippen LogP contribution >= 0.6 is 31.9 Å². The number of hydrogen-bond donors (Lipinski definition) is 0. The normalized spacial score (nSPS) is 18.9. The van der Waals surface area contributed by atoms with Crippen LogP contribution in [0.15, 0.2) is 42.5 Å². The molecule has 36 heavy (non-hydrogen) atoms. The Morgan fingerprint density at radius 3 is 1.75 bits per heavy atom. The molecule has 0 aromatic heterocycles. The SMILES string of the molecule is CC1(C)OB(c2ccc3c(c2)C(CCCCCCBr)(CCCCCCBr)c2ccccc2-3)OC1(C)C. The zero-order chi connectivity index (χ0) is 25.8. The van der Waals surface area contributed by atoms with Crippen LogP contribution in [0.5, 0.6) is 0 Å². The van der Waals surface area contributed by atoms with Gasteiger partial charge in [-0.3, -0.25) is 0 Å². The third-order valence-electron chi connectivity index (χ3n) is 8.79. The molecule has 2 nitrogen and oxygen atoms in total. The van der Waals surface area contributed by atoms with E-state index in [1.54, 1.807) is 0 Å². The lowest BCUT2D eigenvalue weighted by molar-refractivity contribution is 0.00578. The fourth-order valence-electron chi connectivity index (χ4n) is 6.01. The van der Waals surface area contributed by atoms with Gasteiger partial charge >= 0.3 is 7.12 Å². The van der Waals surface area contributed by atoms with Gasteiger partial charge in [-0.1, -0.05) is 113 Å². The molecule has 2 aromatic rings. The molecule has 1 aliphatic heterocycles. The van der Waals surface area contributed by atoms with Crippen LogP contribution in [0.3, 0.4) is 0 Å². The first-order valence-electron chi connectivity index (χ1n) is 14.0. The van der Waals surface area contributed by atoms with Crippen molar-refractivity contribution in [3.63, 3.8) is 0 Å². The predicted molar refractivity (Wildman–Crippen MR) is 162 cm³/mol. The molecular weight excluding hydrogens is 575 g/mol. The molecule has 0 spiro atoms. The third-order valence-corrected chi connectivity index (χ3v) is 9.91. The van der Waals surface area contributed by atoms with Gasteiger partial charge in [0.05, 0.1) is 11.2 Å². The molecule has 0 saturated carbocycles. The van der Waals surface area contributed by atoms with Crippen molar-refractivity contribution in [3.8, 4) is 11.1 Å². The van der Waals surface area contributed by atoms with Crippen molar-refractivity contribution in [2.45, 2.75) is 109 Å². The molecule has 5 heteroatoms. The zero-order valence-corrected chi connectivity index (χ0v) is 25.8. The molecule has 196 valence electrons. The molecule has 1 fully saturated rings. The standard InChI is InChI=1S/C31H43BBr2O2/c1-29(2)30(3,4)36-32(35-29)24-17-18-26-25-15-9-10-16-27(25)31(28(26)23-24,19-11-5-7-13-21-33)20-12-6-8-14-22-34/h9-10,15-18,23H,5-8,11-14,19-22H2,1-4H3. The first kappa shape index (κ1) is 28.4. The fourth-order valence-corrected chi connectivity index (χ4v) is 6.81. The van der Waals surface area contributed by atoms with E-state index in [4.69, 9.17) is 9.31 Å². The Kier molecular flexibility index (Phi) is 9.51. The summed E-state index contributed by atoms with van der Waals surface area (Å²) in [5.74, 6) is 0. The molecule has 0 unspecified atom stereocenters. The van der Waals surface area contributed by atoms with Gasteiger partial charge < -0.3 is 9.31 Å². The quantitative estimate of drug-likeness (QED) is 0.127. The summed E-state index contributed by atoms with van der Waals surface area (Å²) in [6.07, 6.45) is 12.7. The van der Waals surface area contributed by atoms with E-state index in [-0.39, 0.29) is 23.7 Å². The molecular formula is C31H43BBr2O2. The van der Waals surface area contributed by atoms with E-state index < -0.39 is 0 Å². The maximum atomic E-state index is 6.47. The lowest BCUT2D eigenvalue weighted by atomic mass is 9.68. The third kappa shape index (κ3) is 5.70. The Bertz CT molecular complexity index is 989. The minimum atomic E-state index is -0.332. The molecule has 2 aliphatic rings. The Hall–Kier alpha value is -0.615. The van der Waals surface area contributed by atoms with E-state index >= 15 is 0 Å². The number of halogens is 2. The van der Waals surface area contributed by atoms with Gasteiger partial charge in [-0.15, -0.1) is 0 Å². The Morgan fingerprint density at radius 2 is 1.17 bits per heavy atom. The van der Waals surface area contributed by atoms with Crippen LogP contribution in [0.2, 0.25) is 0 Å². The van der Waals surface area contributed by atoms with E-state index in [2.05, 4.69) is 102 Å². The average Bonchev–Trinajstić information content (AvgIpc) is 3.25. The lowest BCUT2D eigenvalue weighted by Crippen LogP contribution is -2.41. The van der Waals surface area contributed by atoms with E-state index in [1.807, 2.05) is 0 Å². The zero-order valence-electron chi connectivity index (χ0n) is 22.7. The van der Waals surface area contributed by atoms with Crippen molar-refractivity contribution < 1.29 is 9.31 Å². The highest BCUT2D eigenvalue weighted by atomic mass is 79.9. The summed E-state index contributed by atoms with van der Waals surface area (Å²) >= 11 is 7.21. The van der Waals surface area contributed by atoms with E-state index in [9.17, 15) is 0 Å². The fraction of sp³-hybridized carbons (Fsp3) is 0.613. The molecule has 0 N–H and O–H groups in total. The second-order valence-electron chi connectivity index (χ2n) is 11.7. The van der Waals surface area contributed by atoms with Gasteiger partial charge in [-0.2, -0.15) is 0 Å². The van der Waals surface area contributed by atoms with Crippen LogP contribution in [0.1, 0.15) is 103 Å². The minimum absolute atomic E-state index is 0.0778. The van der Waals surface area contributed by atoms with Crippen LogP contribution in [-0.4, -0.2) is 29.0 Å². The molecule has 4 rings (SSSR count). The van der Waals surface area contributed by atoms with E-state index in [0.29, 0.717) is 0 Å². The van der Waals surface area contributed by atoms with Gasteiger partial charge in [0.1, 0.15) is 0 Å². The summed E-state index contributed by atoms with van der Waals surface area (Å²) in [4.78, 5) is 0. The predicted octanol–water partition coefficient (Wildman–Crippen LogP) is 8.94. The van der Waals surface area contributed by atoms with E-state index in [0.717, 1.165) is 16.1 Å². The van der Waals surface area contributed by atoms with Gasteiger partial charge in [-0.05, 0) is 81.1 Å². The van der Waals surface area contributed by atoms with Crippen molar-refractivity contribution in [3.05, 3.63) is 53.6 Å². The molecule has 1 aliphatic carbocycles. The maximum Gasteiger partial charge on any atom is 0.494 e.